The zero-order chi connectivity index (χ0) is 27.4. The van der Waals surface area contributed by atoms with E-state index in [1.165, 1.54) is 20.3 Å². The molecule has 0 heterocycles. The molecule has 0 unspecified atom stereocenters. The van der Waals surface area contributed by atoms with Crippen molar-refractivity contribution in [1.29, 1.82) is 0 Å². The number of carbonyl (C=O) groups excluding carboxylic acids is 2. The summed E-state index contributed by atoms with van der Waals surface area (Å²) in [5, 5.41) is 11.2. The molecule has 0 spiro atoms. The van der Waals surface area contributed by atoms with E-state index in [0.717, 1.165) is 17.2 Å². The first-order valence-electron chi connectivity index (χ1n) is 11.8. The zero-order valence-electron chi connectivity index (χ0n) is 21.8. The normalized spacial score (nSPS) is 14.3. The highest BCUT2D eigenvalue weighted by molar-refractivity contribution is 9.11. The van der Waals surface area contributed by atoms with E-state index in [-0.39, 0.29) is 24.2 Å². The van der Waals surface area contributed by atoms with E-state index < -0.39 is 30.3 Å². The lowest BCUT2D eigenvalue weighted by Crippen LogP contribution is -2.37. The Hall–Kier alpha value is -2.78. The number of benzene rings is 2. The Bertz CT molecular complexity index is 1050. The van der Waals surface area contributed by atoms with E-state index in [1.807, 2.05) is 81.4 Å². The molecule has 0 aliphatic heterocycles. The molecular weight excluding hydrogens is 540 g/mol. The van der Waals surface area contributed by atoms with Crippen molar-refractivity contribution in [2.24, 2.45) is 11.3 Å². The standard InChI is InChI=1S/C29H35BrO7/c1-29(2,3)24(30)17-23(31)26(27(33)37-19-21-14-10-7-11-15-21)22(28(34-4)35-5)16-25(32)36-18-20-12-8-6-9-13-20/h6-17,23,26,28,31H,18-19H2,1-5H3/b22-16-,24-17-/t23-,26+/m0/s1. The average Bonchev–Trinajstić information content (AvgIpc) is 2.87. The highest BCUT2D eigenvalue weighted by Gasteiger charge is 2.37. The zero-order valence-corrected chi connectivity index (χ0v) is 23.4. The molecule has 0 aromatic heterocycles. The van der Waals surface area contributed by atoms with Crippen LogP contribution < -0.4 is 0 Å². The summed E-state index contributed by atoms with van der Waals surface area (Å²) in [6.45, 7) is 5.88. The predicted molar refractivity (Wildman–Crippen MR) is 144 cm³/mol. The fourth-order valence-corrected chi connectivity index (χ4v) is 3.64. The highest BCUT2D eigenvalue weighted by atomic mass is 79.9. The summed E-state index contributed by atoms with van der Waals surface area (Å²) in [6, 6.07) is 18.4. The van der Waals surface area contributed by atoms with Crippen LogP contribution in [0, 0.1) is 11.3 Å². The second-order valence-corrected chi connectivity index (χ2v) is 10.2. The quantitative estimate of drug-likeness (QED) is 0.208. The van der Waals surface area contributed by atoms with Gasteiger partial charge in [0.2, 0.25) is 0 Å². The fraction of sp³-hybridized carbons (Fsp3) is 0.379. The van der Waals surface area contributed by atoms with Crippen LogP contribution in [0.15, 0.2) is 82.9 Å². The van der Waals surface area contributed by atoms with Crippen molar-refractivity contribution < 1.29 is 33.6 Å². The Morgan fingerprint density at radius 1 is 0.892 bits per heavy atom. The lowest BCUT2D eigenvalue weighted by atomic mass is 9.88. The smallest absolute Gasteiger partial charge is 0.331 e. The number of rotatable bonds is 12. The molecule has 2 rings (SSSR count). The molecule has 0 saturated heterocycles. The van der Waals surface area contributed by atoms with Gasteiger partial charge in [0.1, 0.15) is 19.1 Å². The van der Waals surface area contributed by atoms with Gasteiger partial charge in [0.05, 0.1) is 6.10 Å². The lowest BCUT2D eigenvalue weighted by molar-refractivity contribution is -0.154. The number of ether oxygens (including phenoxy) is 4. The minimum atomic E-state index is -1.36. The van der Waals surface area contributed by atoms with Gasteiger partial charge in [-0.15, -0.1) is 0 Å². The van der Waals surface area contributed by atoms with Crippen LogP contribution in [0.1, 0.15) is 31.9 Å². The molecule has 200 valence electrons. The van der Waals surface area contributed by atoms with E-state index in [1.54, 1.807) is 0 Å². The van der Waals surface area contributed by atoms with Crippen LogP contribution in [0.3, 0.4) is 0 Å². The average molecular weight is 575 g/mol. The van der Waals surface area contributed by atoms with Crippen molar-refractivity contribution in [2.75, 3.05) is 14.2 Å². The van der Waals surface area contributed by atoms with E-state index in [9.17, 15) is 14.7 Å². The van der Waals surface area contributed by atoms with Crippen LogP contribution >= 0.6 is 15.9 Å². The lowest BCUT2D eigenvalue weighted by Gasteiger charge is -2.28. The van der Waals surface area contributed by atoms with Crippen molar-refractivity contribution in [2.45, 2.75) is 46.4 Å². The molecular formula is C29H35BrO7. The van der Waals surface area contributed by atoms with Crippen LogP contribution in [-0.2, 0) is 41.8 Å². The fourth-order valence-electron chi connectivity index (χ4n) is 3.37. The molecule has 1 N–H and O–H groups in total. The van der Waals surface area contributed by atoms with E-state index in [0.29, 0.717) is 4.48 Å². The number of hydrogen-bond donors (Lipinski definition) is 1. The van der Waals surface area contributed by atoms with Crippen molar-refractivity contribution in [3.05, 3.63) is 94.0 Å². The Labute approximate surface area is 227 Å². The molecule has 2 aromatic rings. The third-order valence-corrected chi connectivity index (χ3v) is 6.87. The van der Waals surface area contributed by atoms with E-state index in [2.05, 4.69) is 15.9 Å². The molecule has 0 fully saturated rings. The molecule has 0 aliphatic rings. The van der Waals surface area contributed by atoms with Gasteiger partial charge in [0.25, 0.3) is 0 Å². The topological polar surface area (TPSA) is 91.3 Å². The molecule has 0 bridgehead atoms. The third kappa shape index (κ3) is 9.89. The highest BCUT2D eigenvalue weighted by Crippen LogP contribution is 2.33. The summed E-state index contributed by atoms with van der Waals surface area (Å²) in [4.78, 5) is 26.2. The number of esters is 2. The maximum Gasteiger partial charge on any atom is 0.331 e. The number of hydrogen-bond acceptors (Lipinski definition) is 7. The molecule has 0 aliphatic carbocycles. The molecule has 0 radical (unpaired) electrons. The maximum absolute atomic E-state index is 13.4. The van der Waals surface area contributed by atoms with Gasteiger partial charge in [-0.2, -0.15) is 0 Å². The molecule has 0 saturated carbocycles. The molecule has 7 nitrogen and oxygen atoms in total. The number of aliphatic hydroxyl groups is 1. The number of methoxy groups -OCH3 is 2. The second-order valence-electron chi connectivity index (χ2n) is 9.37. The summed E-state index contributed by atoms with van der Waals surface area (Å²) >= 11 is 3.49. The van der Waals surface area contributed by atoms with Crippen molar-refractivity contribution >= 4 is 27.9 Å². The number of halogens is 1. The van der Waals surface area contributed by atoms with Gasteiger partial charge in [-0.25, -0.2) is 4.79 Å². The van der Waals surface area contributed by atoms with Crippen LogP contribution in [0.4, 0.5) is 0 Å². The van der Waals surface area contributed by atoms with Gasteiger partial charge in [0, 0.05) is 25.9 Å². The Balaban J connectivity index is 2.42. The van der Waals surface area contributed by atoms with Crippen LogP contribution in [-0.4, -0.2) is 43.7 Å². The van der Waals surface area contributed by atoms with E-state index in [4.69, 9.17) is 18.9 Å². The SMILES string of the molecule is COC(OC)/C(=C\C(=O)OCc1ccccc1)[C@@H](C(=O)OCc1ccccc1)[C@@H](O)/C=C(\Br)C(C)(C)C. The summed E-state index contributed by atoms with van der Waals surface area (Å²) in [6.07, 6.45) is 0.157. The second kappa shape index (κ2) is 14.8. The summed E-state index contributed by atoms with van der Waals surface area (Å²) in [7, 11) is 2.74. The molecule has 0 amide bonds. The largest absolute Gasteiger partial charge is 0.460 e. The minimum Gasteiger partial charge on any atom is -0.460 e. The molecule has 2 atom stereocenters. The number of allylic oxidation sites excluding steroid dienone is 1. The van der Waals surface area contributed by atoms with Crippen molar-refractivity contribution in [1.82, 2.24) is 0 Å². The van der Waals surface area contributed by atoms with Gasteiger partial charge < -0.3 is 24.1 Å². The predicted octanol–water partition coefficient (Wildman–Crippen LogP) is 5.32. The summed E-state index contributed by atoms with van der Waals surface area (Å²) in [5.41, 5.74) is 1.31. The molecule has 37 heavy (non-hydrogen) atoms. The number of carbonyl (C=O) groups is 2. The third-order valence-electron chi connectivity index (χ3n) is 5.42. The number of aliphatic hydroxyl groups excluding tert-OH is 1. The first kappa shape index (κ1) is 30.4. The van der Waals surface area contributed by atoms with Crippen LogP contribution in [0.5, 0.6) is 0 Å². The van der Waals surface area contributed by atoms with Gasteiger partial charge in [-0.1, -0.05) is 97.4 Å². The first-order chi connectivity index (χ1) is 17.6. The van der Waals surface area contributed by atoms with Gasteiger partial charge in [0.15, 0.2) is 6.29 Å². The Morgan fingerprint density at radius 3 is 1.84 bits per heavy atom. The summed E-state index contributed by atoms with van der Waals surface area (Å²) in [5.74, 6) is -2.78. The Kier molecular flexibility index (Phi) is 12.2. The van der Waals surface area contributed by atoms with Crippen molar-refractivity contribution in [3.8, 4) is 0 Å². The van der Waals surface area contributed by atoms with Gasteiger partial charge >= 0.3 is 11.9 Å². The first-order valence-corrected chi connectivity index (χ1v) is 12.6. The summed E-state index contributed by atoms with van der Waals surface area (Å²) < 4.78 is 22.4. The minimum absolute atomic E-state index is 0.0105. The van der Waals surface area contributed by atoms with Crippen LogP contribution in [0.25, 0.3) is 0 Å². The maximum atomic E-state index is 13.4. The molecule has 2 aromatic carbocycles. The Morgan fingerprint density at radius 2 is 1.38 bits per heavy atom. The van der Waals surface area contributed by atoms with Crippen molar-refractivity contribution in [3.63, 3.8) is 0 Å². The monoisotopic (exact) mass is 574 g/mol. The van der Waals surface area contributed by atoms with Gasteiger partial charge in [-0.05, 0) is 27.1 Å². The van der Waals surface area contributed by atoms with Gasteiger partial charge in [-0.3, -0.25) is 4.79 Å². The van der Waals surface area contributed by atoms with Crippen LogP contribution in [0.2, 0.25) is 0 Å². The van der Waals surface area contributed by atoms with E-state index >= 15 is 0 Å². The molecule has 8 heteroatoms.